The Morgan fingerprint density at radius 1 is 1.35 bits per heavy atom. The molecule has 6 nitrogen and oxygen atoms in total. The fourth-order valence-corrected chi connectivity index (χ4v) is 2.46. The normalized spacial score (nSPS) is 10.1. The van der Waals surface area contributed by atoms with Crippen LogP contribution in [0.2, 0.25) is 5.02 Å². The summed E-state index contributed by atoms with van der Waals surface area (Å²) < 4.78 is 0. The minimum Gasteiger partial charge on any atom is -0.465 e. The fraction of sp³-hybridized carbons (Fsp3) is 0.0833. The fourth-order valence-electron chi connectivity index (χ4n) is 1.49. The van der Waals surface area contributed by atoms with Gasteiger partial charge in [0.1, 0.15) is 4.88 Å². The Bertz CT molecular complexity index is 651. The third-order valence-corrected chi connectivity index (χ3v) is 3.63. The topological polar surface area (TPSA) is 91.3 Å². The maximum atomic E-state index is 12.0. The van der Waals surface area contributed by atoms with E-state index in [0.29, 0.717) is 10.7 Å². The van der Waals surface area contributed by atoms with Crippen LogP contribution >= 0.6 is 22.9 Å². The molecule has 1 aromatic carbocycles. The van der Waals surface area contributed by atoms with E-state index in [2.05, 4.69) is 15.6 Å². The Hall–Kier alpha value is -2.12. The van der Waals surface area contributed by atoms with Gasteiger partial charge in [0.25, 0.3) is 5.91 Å². The lowest BCUT2D eigenvalue weighted by atomic mass is 10.2. The summed E-state index contributed by atoms with van der Waals surface area (Å²) in [6.45, 7) is 1.82. The quantitative estimate of drug-likeness (QED) is 0.809. The molecule has 0 aliphatic carbocycles. The van der Waals surface area contributed by atoms with Gasteiger partial charge in [0.05, 0.1) is 16.9 Å². The van der Waals surface area contributed by atoms with Gasteiger partial charge in [0, 0.05) is 0 Å². The highest BCUT2D eigenvalue weighted by atomic mass is 35.5. The maximum absolute atomic E-state index is 12.0. The summed E-state index contributed by atoms with van der Waals surface area (Å²) in [6.07, 6.45) is 0.0746. The molecule has 0 aliphatic rings. The second-order valence-corrected chi connectivity index (χ2v) is 5.28. The number of rotatable bonds is 3. The van der Waals surface area contributed by atoms with Crippen LogP contribution in [0.1, 0.15) is 15.2 Å². The summed E-state index contributed by atoms with van der Waals surface area (Å²) in [7, 11) is 0. The number of carboxylic acid groups (broad SMARTS) is 1. The zero-order chi connectivity index (χ0) is 14.7. The molecule has 2 amide bonds. The van der Waals surface area contributed by atoms with Crippen molar-refractivity contribution in [3.63, 3.8) is 0 Å². The van der Waals surface area contributed by atoms with Crippen molar-refractivity contribution < 1.29 is 14.7 Å². The molecule has 0 saturated heterocycles. The van der Waals surface area contributed by atoms with Crippen molar-refractivity contribution in [2.75, 3.05) is 10.6 Å². The number of aryl methyl sites for hydroxylation is 1. The lowest BCUT2D eigenvalue weighted by molar-refractivity contribution is 0.103. The van der Waals surface area contributed by atoms with E-state index < -0.39 is 12.0 Å². The van der Waals surface area contributed by atoms with Crippen LogP contribution in [0.5, 0.6) is 0 Å². The van der Waals surface area contributed by atoms with Crippen molar-refractivity contribution in [1.29, 1.82) is 0 Å². The van der Waals surface area contributed by atoms with Crippen LogP contribution in [0, 0.1) is 6.92 Å². The van der Waals surface area contributed by atoms with Gasteiger partial charge in [0.15, 0.2) is 5.13 Å². The second-order valence-electron chi connectivity index (χ2n) is 3.85. The van der Waals surface area contributed by atoms with Crippen LogP contribution < -0.4 is 10.6 Å². The van der Waals surface area contributed by atoms with Crippen LogP contribution in [-0.2, 0) is 0 Å². The molecule has 0 fully saturated rings. The number of thiazole rings is 1. The first kappa shape index (κ1) is 14.3. The first-order chi connectivity index (χ1) is 9.47. The van der Waals surface area contributed by atoms with Crippen molar-refractivity contribution in [1.82, 2.24) is 4.98 Å². The highest BCUT2D eigenvalue weighted by Crippen LogP contribution is 2.27. The molecule has 2 aromatic rings. The van der Waals surface area contributed by atoms with Gasteiger partial charge in [-0.15, -0.1) is 0 Å². The van der Waals surface area contributed by atoms with Crippen molar-refractivity contribution >= 4 is 45.8 Å². The number of para-hydroxylation sites is 1. The average Bonchev–Trinajstić information content (AvgIpc) is 2.81. The smallest absolute Gasteiger partial charge is 0.410 e. The van der Waals surface area contributed by atoms with Crippen molar-refractivity contribution in [2.45, 2.75) is 6.92 Å². The second kappa shape index (κ2) is 5.89. The Morgan fingerprint density at radius 3 is 2.75 bits per heavy atom. The van der Waals surface area contributed by atoms with E-state index in [1.165, 1.54) is 6.20 Å². The van der Waals surface area contributed by atoms with E-state index in [0.717, 1.165) is 16.9 Å². The molecule has 1 aromatic heterocycles. The summed E-state index contributed by atoms with van der Waals surface area (Å²) in [4.78, 5) is 26.6. The van der Waals surface area contributed by atoms with Crippen LogP contribution in [0.15, 0.2) is 24.4 Å². The molecular weight excluding hydrogens is 302 g/mol. The van der Waals surface area contributed by atoms with Crippen LogP contribution in [0.25, 0.3) is 0 Å². The van der Waals surface area contributed by atoms with Crippen molar-refractivity contribution in [2.24, 2.45) is 0 Å². The number of aromatic nitrogens is 1. The molecule has 0 unspecified atom stereocenters. The molecule has 1 heterocycles. The van der Waals surface area contributed by atoms with Gasteiger partial charge < -0.3 is 10.4 Å². The van der Waals surface area contributed by atoms with Gasteiger partial charge in [-0.2, -0.15) is 0 Å². The number of carbonyl (C=O) groups excluding carboxylic acids is 1. The lowest BCUT2D eigenvalue weighted by Crippen LogP contribution is -2.11. The molecule has 104 valence electrons. The van der Waals surface area contributed by atoms with Gasteiger partial charge >= 0.3 is 6.09 Å². The van der Waals surface area contributed by atoms with E-state index in [1.54, 1.807) is 12.1 Å². The number of carbonyl (C=O) groups is 2. The standard InChI is InChI=1S/C12H10ClN3O3S/c1-6-3-2-4-7(13)9(6)15-10(17)8-5-14-11(20-8)16-12(18)19/h2-5H,1H3,(H,14,16)(H,15,17)(H,18,19). The number of nitrogens with one attached hydrogen (secondary N) is 2. The zero-order valence-corrected chi connectivity index (χ0v) is 11.9. The summed E-state index contributed by atoms with van der Waals surface area (Å²) in [5, 5.41) is 13.9. The number of anilines is 2. The molecule has 20 heavy (non-hydrogen) atoms. The van der Waals surface area contributed by atoms with Gasteiger partial charge in [-0.25, -0.2) is 9.78 Å². The number of amides is 2. The summed E-state index contributed by atoms with van der Waals surface area (Å²) in [6, 6.07) is 5.29. The number of hydrogen-bond donors (Lipinski definition) is 3. The Morgan fingerprint density at radius 2 is 2.10 bits per heavy atom. The molecule has 0 spiro atoms. The Kier molecular flexibility index (Phi) is 4.21. The SMILES string of the molecule is Cc1cccc(Cl)c1NC(=O)c1cnc(NC(=O)O)s1. The molecule has 0 atom stereocenters. The molecule has 2 rings (SSSR count). The first-order valence-corrected chi connectivity index (χ1v) is 6.69. The van der Waals surface area contributed by atoms with Crippen LogP contribution in [-0.4, -0.2) is 22.1 Å². The molecule has 8 heteroatoms. The predicted molar refractivity (Wildman–Crippen MR) is 77.9 cm³/mol. The van der Waals surface area contributed by atoms with Crippen molar-refractivity contribution in [3.8, 4) is 0 Å². The average molecular weight is 312 g/mol. The minimum atomic E-state index is -1.23. The van der Waals surface area contributed by atoms with Crippen LogP contribution in [0.3, 0.4) is 0 Å². The van der Waals surface area contributed by atoms with Gasteiger partial charge in [-0.05, 0) is 18.6 Å². The number of hydrogen-bond acceptors (Lipinski definition) is 4. The molecule has 3 N–H and O–H groups in total. The Labute approximate surface area is 123 Å². The number of nitrogens with zero attached hydrogens (tertiary/aromatic N) is 1. The van der Waals surface area contributed by atoms with Crippen LogP contribution in [0.4, 0.5) is 15.6 Å². The van der Waals surface area contributed by atoms with E-state index in [1.807, 2.05) is 13.0 Å². The molecule has 0 bridgehead atoms. The zero-order valence-electron chi connectivity index (χ0n) is 10.3. The molecule has 0 saturated carbocycles. The lowest BCUT2D eigenvalue weighted by Gasteiger charge is -2.08. The largest absolute Gasteiger partial charge is 0.465 e. The molecule has 0 radical (unpaired) electrons. The molecule has 0 aliphatic heterocycles. The first-order valence-electron chi connectivity index (χ1n) is 5.49. The monoisotopic (exact) mass is 311 g/mol. The number of halogens is 1. The van der Waals surface area contributed by atoms with E-state index in [4.69, 9.17) is 16.7 Å². The highest BCUT2D eigenvalue weighted by molar-refractivity contribution is 7.17. The van der Waals surface area contributed by atoms with E-state index in [9.17, 15) is 9.59 Å². The van der Waals surface area contributed by atoms with E-state index in [-0.39, 0.29) is 10.0 Å². The van der Waals surface area contributed by atoms with Gasteiger partial charge in [-0.3, -0.25) is 10.1 Å². The van der Waals surface area contributed by atoms with Gasteiger partial charge in [0.2, 0.25) is 0 Å². The summed E-state index contributed by atoms with van der Waals surface area (Å²) in [5.41, 5.74) is 1.36. The van der Waals surface area contributed by atoms with E-state index >= 15 is 0 Å². The maximum Gasteiger partial charge on any atom is 0.410 e. The summed E-state index contributed by atoms with van der Waals surface area (Å²) >= 11 is 6.96. The predicted octanol–water partition coefficient (Wildman–Crippen LogP) is 3.45. The molecular formula is C12H10ClN3O3S. The third kappa shape index (κ3) is 3.25. The van der Waals surface area contributed by atoms with Gasteiger partial charge in [-0.1, -0.05) is 35.1 Å². The Balaban J connectivity index is 2.16. The minimum absolute atomic E-state index is 0.138. The van der Waals surface area contributed by atoms with Crippen molar-refractivity contribution in [3.05, 3.63) is 39.9 Å². The highest BCUT2D eigenvalue weighted by Gasteiger charge is 2.14. The third-order valence-electron chi connectivity index (χ3n) is 2.40. The number of benzene rings is 1. The summed E-state index contributed by atoms with van der Waals surface area (Å²) in [5.74, 6) is -0.392.